The lowest BCUT2D eigenvalue weighted by molar-refractivity contribution is -0.115. The molecule has 0 saturated carbocycles. The molecule has 3 nitrogen and oxygen atoms in total. The Hall–Kier alpha value is -2.29. The first-order valence-electron chi connectivity index (χ1n) is 7.65. The predicted molar refractivity (Wildman–Crippen MR) is 90.5 cm³/mol. The smallest absolute Gasteiger partial charge is 0.228 e. The Morgan fingerprint density at radius 1 is 1.09 bits per heavy atom. The number of amides is 1. The summed E-state index contributed by atoms with van der Waals surface area (Å²) in [6, 6.07) is 15.6. The molecule has 2 aromatic carbocycles. The SMILES string of the molecule is CC[C@@H](C)c1ccc(NC(=O)Cc2ccc(OC)cc2)cc1. The fraction of sp³-hybridized carbons (Fsp3) is 0.316. The maximum absolute atomic E-state index is 12.1. The lowest BCUT2D eigenvalue weighted by Crippen LogP contribution is -2.14. The molecule has 116 valence electrons. The standard InChI is InChI=1S/C19H23NO2/c1-4-14(2)16-7-9-17(10-8-16)20-19(21)13-15-5-11-18(22-3)12-6-15/h5-12,14H,4,13H2,1-3H3,(H,20,21)/t14-/m1/s1. The van der Waals surface area contributed by atoms with Crippen molar-refractivity contribution in [2.45, 2.75) is 32.6 Å². The van der Waals surface area contributed by atoms with Crippen molar-refractivity contribution in [1.29, 1.82) is 0 Å². The van der Waals surface area contributed by atoms with E-state index < -0.39 is 0 Å². The van der Waals surface area contributed by atoms with E-state index in [1.165, 1.54) is 5.56 Å². The van der Waals surface area contributed by atoms with Crippen molar-refractivity contribution in [2.24, 2.45) is 0 Å². The Morgan fingerprint density at radius 3 is 2.27 bits per heavy atom. The molecular weight excluding hydrogens is 274 g/mol. The number of benzene rings is 2. The molecule has 0 unspecified atom stereocenters. The van der Waals surface area contributed by atoms with Gasteiger partial charge in [-0.05, 0) is 47.7 Å². The van der Waals surface area contributed by atoms with E-state index in [0.29, 0.717) is 12.3 Å². The van der Waals surface area contributed by atoms with Gasteiger partial charge in [-0.2, -0.15) is 0 Å². The van der Waals surface area contributed by atoms with E-state index in [0.717, 1.165) is 23.4 Å². The monoisotopic (exact) mass is 297 g/mol. The second kappa shape index (κ2) is 7.64. The zero-order valence-corrected chi connectivity index (χ0v) is 13.4. The normalized spacial score (nSPS) is 11.8. The summed E-state index contributed by atoms with van der Waals surface area (Å²) in [5, 5.41) is 2.93. The van der Waals surface area contributed by atoms with Crippen LogP contribution in [0.5, 0.6) is 5.75 Å². The molecule has 0 saturated heterocycles. The highest BCUT2D eigenvalue weighted by atomic mass is 16.5. The van der Waals surface area contributed by atoms with Crippen molar-refractivity contribution < 1.29 is 9.53 Å². The summed E-state index contributed by atoms with van der Waals surface area (Å²) in [4.78, 5) is 12.1. The summed E-state index contributed by atoms with van der Waals surface area (Å²) < 4.78 is 5.11. The van der Waals surface area contributed by atoms with Crippen molar-refractivity contribution in [2.75, 3.05) is 12.4 Å². The van der Waals surface area contributed by atoms with Gasteiger partial charge < -0.3 is 10.1 Å². The zero-order chi connectivity index (χ0) is 15.9. The molecule has 1 atom stereocenters. The molecular formula is C19H23NO2. The van der Waals surface area contributed by atoms with Crippen LogP contribution in [-0.4, -0.2) is 13.0 Å². The van der Waals surface area contributed by atoms with Crippen molar-refractivity contribution >= 4 is 11.6 Å². The van der Waals surface area contributed by atoms with Crippen molar-refractivity contribution in [3.8, 4) is 5.75 Å². The molecule has 22 heavy (non-hydrogen) atoms. The molecule has 0 aliphatic heterocycles. The Labute approximate surface area is 132 Å². The number of ether oxygens (including phenoxy) is 1. The first kappa shape index (κ1) is 16.1. The summed E-state index contributed by atoms with van der Waals surface area (Å²) in [7, 11) is 1.63. The van der Waals surface area contributed by atoms with Gasteiger partial charge in [0, 0.05) is 5.69 Å². The fourth-order valence-electron chi connectivity index (χ4n) is 2.26. The van der Waals surface area contributed by atoms with E-state index in [4.69, 9.17) is 4.74 Å². The Balaban J connectivity index is 1.93. The van der Waals surface area contributed by atoms with Gasteiger partial charge in [-0.1, -0.05) is 38.1 Å². The second-order valence-electron chi connectivity index (χ2n) is 5.50. The number of anilines is 1. The molecule has 0 aliphatic rings. The fourth-order valence-corrected chi connectivity index (χ4v) is 2.26. The van der Waals surface area contributed by atoms with Gasteiger partial charge in [0.25, 0.3) is 0 Å². The maximum atomic E-state index is 12.1. The van der Waals surface area contributed by atoms with Crippen LogP contribution in [0.3, 0.4) is 0 Å². The molecule has 0 spiro atoms. The van der Waals surface area contributed by atoms with Crippen LogP contribution >= 0.6 is 0 Å². The lowest BCUT2D eigenvalue weighted by atomic mass is 9.98. The summed E-state index contributed by atoms with van der Waals surface area (Å²) in [6.45, 7) is 4.38. The van der Waals surface area contributed by atoms with E-state index in [1.54, 1.807) is 7.11 Å². The van der Waals surface area contributed by atoms with Gasteiger partial charge in [-0.3, -0.25) is 4.79 Å². The minimum absolute atomic E-state index is 0.0125. The first-order chi connectivity index (χ1) is 10.6. The maximum Gasteiger partial charge on any atom is 0.228 e. The number of carbonyl (C=O) groups excluding carboxylic acids is 1. The average Bonchev–Trinajstić information content (AvgIpc) is 2.55. The molecule has 0 fully saturated rings. The van der Waals surface area contributed by atoms with E-state index in [2.05, 4.69) is 31.3 Å². The van der Waals surface area contributed by atoms with Crippen LogP contribution in [0, 0.1) is 0 Å². The summed E-state index contributed by atoms with van der Waals surface area (Å²) in [5.41, 5.74) is 3.11. The number of carbonyl (C=O) groups is 1. The minimum Gasteiger partial charge on any atom is -0.497 e. The van der Waals surface area contributed by atoms with Gasteiger partial charge in [0.2, 0.25) is 5.91 Å². The molecule has 1 amide bonds. The third kappa shape index (κ3) is 4.35. The minimum atomic E-state index is -0.0125. The Bertz CT molecular complexity index is 602. The molecule has 0 radical (unpaired) electrons. The molecule has 2 rings (SSSR count). The van der Waals surface area contributed by atoms with Gasteiger partial charge in [0.15, 0.2) is 0 Å². The van der Waals surface area contributed by atoms with E-state index in [9.17, 15) is 4.79 Å². The van der Waals surface area contributed by atoms with Crippen LogP contribution in [0.2, 0.25) is 0 Å². The van der Waals surface area contributed by atoms with Gasteiger partial charge >= 0.3 is 0 Å². The Kier molecular flexibility index (Phi) is 5.59. The first-order valence-corrected chi connectivity index (χ1v) is 7.65. The topological polar surface area (TPSA) is 38.3 Å². The van der Waals surface area contributed by atoms with Gasteiger partial charge in [0.1, 0.15) is 5.75 Å². The molecule has 3 heteroatoms. The summed E-state index contributed by atoms with van der Waals surface area (Å²) >= 11 is 0. The van der Waals surface area contributed by atoms with Crippen molar-refractivity contribution in [1.82, 2.24) is 0 Å². The van der Waals surface area contributed by atoms with Crippen molar-refractivity contribution in [3.63, 3.8) is 0 Å². The zero-order valence-electron chi connectivity index (χ0n) is 13.4. The second-order valence-corrected chi connectivity index (χ2v) is 5.50. The number of rotatable bonds is 6. The molecule has 0 bridgehead atoms. The molecule has 2 aromatic rings. The summed E-state index contributed by atoms with van der Waals surface area (Å²) in [5.74, 6) is 1.33. The highest BCUT2D eigenvalue weighted by molar-refractivity contribution is 5.92. The molecule has 0 heterocycles. The van der Waals surface area contributed by atoms with Crippen LogP contribution in [0.4, 0.5) is 5.69 Å². The Morgan fingerprint density at radius 2 is 1.73 bits per heavy atom. The van der Waals surface area contributed by atoms with Crippen molar-refractivity contribution in [3.05, 3.63) is 59.7 Å². The van der Waals surface area contributed by atoms with Gasteiger partial charge in [-0.25, -0.2) is 0 Å². The van der Waals surface area contributed by atoms with Crippen LogP contribution in [0.25, 0.3) is 0 Å². The number of methoxy groups -OCH3 is 1. The largest absolute Gasteiger partial charge is 0.497 e. The van der Waals surface area contributed by atoms with Crippen LogP contribution < -0.4 is 10.1 Å². The highest BCUT2D eigenvalue weighted by Gasteiger charge is 2.06. The number of hydrogen-bond donors (Lipinski definition) is 1. The number of nitrogens with one attached hydrogen (secondary N) is 1. The summed E-state index contributed by atoms with van der Waals surface area (Å²) in [6.07, 6.45) is 1.47. The quantitative estimate of drug-likeness (QED) is 0.858. The third-order valence-electron chi connectivity index (χ3n) is 3.90. The average molecular weight is 297 g/mol. The van der Waals surface area contributed by atoms with Crippen LogP contribution in [0.15, 0.2) is 48.5 Å². The molecule has 1 N–H and O–H groups in total. The molecule has 0 aromatic heterocycles. The van der Waals surface area contributed by atoms with Crippen LogP contribution in [-0.2, 0) is 11.2 Å². The van der Waals surface area contributed by atoms with E-state index in [1.807, 2.05) is 36.4 Å². The predicted octanol–water partition coefficient (Wildman–Crippen LogP) is 4.39. The van der Waals surface area contributed by atoms with E-state index in [-0.39, 0.29) is 5.91 Å². The molecule has 0 aliphatic carbocycles. The van der Waals surface area contributed by atoms with Gasteiger partial charge in [-0.15, -0.1) is 0 Å². The third-order valence-corrected chi connectivity index (χ3v) is 3.90. The van der Waals surface area contributed by atoms with Crippen LogP contribution in [0.1, 0.15) is 37.3 Å². The van der Waals surface area contributed by atoms with E-state index >= 15 is 0 Å². The number of hydrogen-bond acceptors (Lipinski definition) is 2. The lowest BCUT2D eigenvalue weighted by Gasteiger charge is -2.10. The highest BCUT2D eigenvalue weighted by Crippen LogP contribution is 2.20. The van der Waals surface area contributed by atoms with Gasteiger partial charge in [0.05, 0.1) is 13.5 Å².